The van der Waals surface area contributed by atoms with Crippen molar-refractivity contribution in [3.63, 3.8) is 0 Å². The van der Waals surface area contributed by atoms with Gasteiger partial charge in [0.15, 0.2) is 0 Å². The van der Waals surface area contributed by atoms with Crippen molar-refractivity contribution < 1.29 is 9.90 Å². The molecule has 4 heteroatoms. The Morgan fingerprint density at radius 1 is 1.44 bits per heavy atom. The lowest BCUT2D eigenvalue weighted by molar-refractivity contribution is 0.0695. The SMILES string of the molecule is CCc1nc2ccccc2c(Cl)c1C(=O)O. The number of nitrogens with zero attached hydrogens (tertiary/aromatic N) is 1. The minimum absolute atomic E-state index is 0.114. The van der Waals surface area contributed by atoms with Crippen molar-refractivity contribution in [2.75, 3.05) is 0 Å². The average molecular weight is 236 g/mol. The topological polar surface area (TPSA) is 50.2 Å². The van der Waals surface area contributed by atoms with Crippen molar-refractivity contribution in [3.8, 4) is 0 Å². The van der Waals surface area contributed by atoms with Crippen LogP contribution in [-0.2, 0) is 6.42 Å². The van der Waals surface area contributed by atoms with Gasteiger partial charge in [-0.1, -0.05) is 36.7 Å². The van der Waals surface area contributed by atoms with Crippen LogP contribution in [0.4, 0.5) is 0 Å². The fraction of sp³-hybridized carbons (Fsp3) is 0.167. The van der Waals surface area contributed by atoms with E-state index in [-0.39, 0.29) is 10.6 Å². The lowest BCUT2D eigenvalue weighted by Gasteiger charge is -2.08. The molecule has 0 aliphatic heterocycles. The monoisotopic (exact) mass is 235 g/mol. The van der Waals surface area contributed by atoms with E-state index in [4.69, 9.17) is 16.7 Å². The number of carboxylic acids is 1. The third-order valence-corrected chi connectivity index (χ3v) is 2.85. The minimum atomic E-state index is -1.03. The van der Waals surface area contributed by atoms with Crippen LogP contribution in [0.25, 0.3) is 10.9 Å². The van der Waals surface area contributed by atoms with Gasteiger partial charge in [0.2, 0.25) is 0 Å². The summed E-state index contributed by atoms with van der Waals surface area (Å²) in [6.07, 6.45) is 0.548. The summed E-state index contributed by atoms with van der Waals surface area (Å²) in [6, 6.07) is 7.27. The second kappa shape index (κ2) is 4.10. The van der Waals surface area contributed by atoms with E-state index < -0.39 is 5.97 Å². The van der Waals surface area contributed by atoms with Crippen LogP contribution in [0.3, 0.4) is 0 Å². The number of para-hydroxylation sites is 1. The molecule has 0 atom stereocenters. The molecule has 1 N–H and O–H groups in total. The highest BCUT2D eigenvalue weighted by atomic mass is 35.5. The van der Waals surface area contributed by atoms with Crippen molar-refractivity contribution in [2.45, 2.75) is 13.3 Å². The van der Waals surface area contributed by atoms with E-state index in [1.54, 1.807) is 6.07 Å². The van der Waals surface area contributed by atoms with E-state index in [2.05, 4.69) is 4.98 Å². The molecule has 0 spiro atoms. The number of hydrogen-bond acceptors (Lipinski definition) is 2. The fourth-order valence-corrected chi connectivity index (χ4v) is 2.04. The number of carbonyl (C=O) groups is 1. The molecule has 0 aliphatic carbocycles. The first-order valence-corrected chi connectivity index (χ1v) is 5.33. The smallest absolute Gasteiger partial charge is 0.339 e. The van der Waals surface area contributed by atoms with Crippen molar-refractivity contribution in [1.82, 2.24) is 4.98 Å². The molecule has 1 aromatic carbocycles. The van der Waals surface area contributed by atoms with Gasteiger partial charge in [-0.15, -0.1) is 0 Å². The molecule has 3 nitrogen and oxygen atoms in total. The van der Waals surface area contributed by atoms with Crippen LogP contribution in [0, 0.1) is 0 Å². The molecule has 0 aliphatic rings. The molecule has 16 heavy (non-hydrogen) atoms. The first-order chi connectivity index (χ1) is 7.65. The summed E-state index contributed by atoms with van der Waals surface area (Å²) in [6.45, 7) is 1.86. The van der Waals surface area contributed by atoms with Gasteiger partial charge in [0, 0.05) is 5.39 Å². The fourth-order valence-electron chi connectivity index (χ4n) is 1.69. The van der Waals surface area contributed by atoms with E-state index in [0.29, 0.717) is 17.5 Å². The summed E-state index contributed by atoms with van der Waals surface area (Å²) in [5, 5.41) is 10.1. The number of aryl methyl sites for hydroxylation is 1. The molecule has 2 rings (SSSR count). The summed E-state index contributed by atoms with van der Waals surface area (Å²) in [4.78, 5) is 15.4. The Labute approximate surface area is 97.7 Å². The number of carboxylic acid groups (broad SMARTS) is 1. The first-order valence-electron chi connectivity index (χ1n) is 4.95. The number of aromatic nitrogens is 1. The molecule has 1 heterocycles. The Balaban J connectivity index is 2.87. The quantitative estimate of drug-likeness (QED) is 0.870. The molecule has 0 saturated heterocycles. The summed E-state index contributed by atoms with van der Waals surface area (Å²) in [5.74, 6) is -1.03. The van der Waals surface area contributed by atoms with Gasteiger partial charge in [0.05, 0.1) is 16.2 Å². The highest BCUT2D eigenvalue weighted by molar-refractivity contribution is 6.38. The summed E-state index contributed by atoms with van der Waals surface area (Å²) < 4.78 is 0. The molecule has 0 saturated carbocycles. The van der Waals surface area contributed by atoms with E-state index in [0.717, 1.165) is 5.52 Å². The van der Waals surface area contributed by atoms with Gasteiger partial charge in [-0.2, -0.15) is 0 Å². The van der Waals surface area contributed by atoms with Gasteiger partial charge in [0.1, 0.15) is 5.56 Å². The number of rotatable bonds is 2. The van der Waals surface area contributed by atoms with Crippen LogP contribution in [0.1, 0.15) is 23.0 Å². The molecule has 1 aromatic heterocycles. The maximum atomic E-state index is 11.1. The number of hydrogen-bond donors (Lipinski definition) is 1. The van der Waals surface area contributed by atoms with E-state index >= 15 is 0 Å². The van der Waals surface area contributed by atoms with Crippen molar-refractivity contribution in [3.05, 3.63) is 40.5 Å². The Bertz CT molecular complexity index is 566. The standard InChI is InChI=1S/C12H10ClNO2/c1-2-8-10(12(15)16)11(13)7-5-3-4-6-9(7)14-8/h3-6H,2H2,1H3,(H,15,16). The minimum Gasteiger partial charge on any atom is -0.478 e. The second-order valence-corrected chi connectivity index (χ2v) is 3.80. The van der Waals surface area contributed by atoms with Crippen LogP contribution >= 0.6 is 11.6 Å². The van der Waals surface area contributed by atoms with Gasteiger partial charge >= 0.3 is 5.97 Å². The van der Waals surface area contributed by atoms with E-state index in [1.807, 2.05) is 25.1 Å². The van der Waals surface area contributed by atoms with E-state index in [1.165, 1.54) is 0 Å². The number of benzene rings is 1. The lowest BCUT2D eigenvalue weighted by atomic mass is 10.1. The van der Waals surface area contributed by atoms with Crippen LogP contribution in [-0.4, -0.2) is 16.1 Å². The maximum Gasteiger partial charge on any atom is 0.339 e. The Kier molecular flexibility index (Phi) is 2.79. The summed E-state index contributed by atoms with van der Waals surface area (Å²) in [5.41, 5.74) is 1.37. The second-order valence-electron chi connectivity index (χ2n) is 3.42. The molecule has 0 unspecified atom stereocenters. The first kappa shape index (κ1) is 10.9. The molecule has 0 fully saturated rings. The molecule has 0 amide bonds. The third kappa shape index (κ3) is 1.63. The predicted molar refractivity (Wildman–Crippen MR) is 63.1 cm³/mol. The van der Waals surface area contributed by atoms with Gasteiger partial charge < -0.3 is 5.11 Å². The van der Waals surface area contributed by atoms with Gasteiger partial charge in [-0.3, -0.25) is 4.98 Å². The molecule has 0 radical (unpaired) electrons. The van der Waals surface area contributed by atoms with Crippen molar-refractivity contribution in [2.24, 2.45) is 0 Å². The zero-order valence-electron chi connectivity index (χ0n) is 8.70. The number of halogens is 1. The molecule has 2 aromatic rings. The van der Waals surface area contributed by atoms with Crippen LogP contribution in [0.15, 0.2) is 24.3 Å². The number of fused-ring (bicyclic) bond motifs is 1. The zero-order chi connectivity index (χ0) is 11.7. The Hall–Kier alpha value is -1.61. The predicted octanol–water partition coefficient (Wildman–Crippen LogP) is 3.15. The molecule has 82 valence electrons. The summed E-state index contributed by atoms with van der Waals surface area (Å²) in [7, 11) is 0. The number of pyridine rings is 1. The molecular formula is C12H10ClNO2. The highest BCUT2D eigenvalue weighted by Crippen LogP contribution is 2.28. The maximum absolute atomic E-state index is 11.1. The zero-order valence-corrected chi connectivity index (χ0v) is 9.45. The average Bonchev–Trinajstić information content (AvgIpc) is 2.28. The van der Waals surface area contributed by atoms with Gasteiger partial charge in [0.25, 0.3) is 0 Å². The highest BCUT2D eigenvalue weighted by Gasteiger charge is 2.17. The lowest BCUT2D eigenvalue weighted by Crippen LogP contribution is -2.06. The van der Waals surface area contributed by atoms with Crippen molar-refractivity contribution >= 4 is 28.5 Å². The van der Waals surface area contributed by atoms with Crippen molar-refractivity contribution in [1.29, 1.82) is 0 Å². The number of aromatic carboxylic acids is 1. The van der Waals surface area contributed by atoms with Gasteiger partial charge in [-0.05, 0) is 12.5 Å². The Morgan fingerprint density at radius 2 is 2.12 bits per heavy atom. The normalized spacial score (nSPS) is 10.6. The van der Waals surface area contributed by atoms with Gasteiger partial charge in [-0.25, -0.2) is 4.79 Å². The van der Waals surface area contributed by atoms with Crippen LogP contribution < -0.4 is 0 Å². The van der Waals surface area contributed by atoms with Crippen LogP contribution in [0.2, 0.25) is 5.02 Å². The largest absolute Gasteiger partial charge is 0.478 e. The molecular weight excluding hydrogens is 226 g/mol. The van der Waals surface area contributed by atoms with Crippen LogP contribution in [0.5, 0.6) is 0 Å². The third-order valence-electron chi connectivity index (χ3n) is 2.45. The summed E-state index contributed by atoms with van der Waals surface area (Å²) >= 11 is 6.10. The molecule has 0 bridgehead atoms. The van der Waals surface area contributed by atoms with E-state index in [9.17, 15) is 4.79 Å². The Morgan fingerprint density at radius 3 is 2.75 bits per heavy atom.